The predicted octanol–water partition coefficient (Wildman–Crippen LogP) is 3.09. The van der Waals surface area contributed by atoms with E-state index in [2.05, 4.69) is 10.2 Å². The van der Waals surface area contributed by atoms with Gasteiger partial charge in [-0.05, 0) is 37.1 Å². The summed E-state index contributed by atoms with van der Waals surface area (Å²) in [5.41, 5.74) is 1.88. The van der Waals surface area contributed by atoms with Gasteiger partial charge in [0.05, 0.1) is 6.61 Å². The first kappa shape index (κ1) is 12.3. The highest BCUT2D eigenvalue weighted by Gasteiger charge is 2.10. The normalized spacial score (nSPS) is 10.6. The van der Waals surface area contributed by atoms with E-state index < -0.39 is 0 Å². The summed E-state index contributed by atoms with van der Waals surface area (Å²) < 4.78 is 5.65. The maximum absolute atomic E-state index is 8.90. The van der Waals surface area contributed by atoms with Crippen molar-refractivity contribution < 1.29 is 9.84 Å². The molecule has 17 heavy (non-hydrogen) atoms. The second kappa shape index (κ2) is 5.00. The van der Waals surface area contributed by atoms with E-state index in [-0.39, 0.29) is 6.61 Å². The topological polar surface area (TPSA) is 55.2 Å². The van der Waals surface area contributed by atoms with E-state index in [4.69, 9.17) is 21.4 Å². The van der Waals surface area contributed by atoms with E-state index >= 15 is 0 Å². The second-order valence-corrected chi connectivity index (χ2v) is 5.05. The average Bonchev–Trinajstić information content (AvgIpc) is 2.71. The number of ether oxygens (including phenoxy) is 1. The Morgan fingerprint density at radius 2 is 1.94 bits per heavy atom. The van der Waals surface area contributed by atoms with Crippen LogP contribution in [-0.4, -0.2) is 15.3 Å². The molecule has 1 N–H and O–H groups in total. The van der Waals surface area contributed by atoms with Crippen LogP contribution < -0.4 is 4.74 Å². The molecule has 0 atom stereocenters. The Kier molecular flexibility index (Phi) is 3.61. The van der Waals surface area contributed by atoms with Crippen LogP contribution in [-0.2, 0) is 6.61 Å². The molecule has 90 valence electrons. The molecule has 1 aromatic heterocycles. The van der Waals surface area contributed by atoms with Gasteiger partial charge in [0.2, 0.25) is 0 Å². The van der Waals surface area contributed by atoms with Gasteiger partial charge in [-0.2, -0.15) is 0 Å². The van der Waals surface area contributed by atoms with E-state index in [9.17, 15) is 0 Å². The van der Waals surface area contributed by atoms with Gasteiger partial charge in [-0.1, -0.05) is 28.0 Å². The Labute approximate surface area is 108 Å². The molecule has 0 aliphatic carbocycles. The lowest BCUT2D eigenvalue weighted by Gasteiger charge is -2.09. The Morgan fingerprint density at radius 1 is 1.29 bits per heavy atom. The molecular formula is C11H11ClN2O2S. The minimum absolute atomic E-state index is 0.125. The first-order valence-corrected chi connectivity index (χ1v) is 6.17. The maximum atomic E-state index is 8.90. The molecule has 0 fully saturated rings. The number of aryl methyl sites for hydroxylation is 2. The van der Waals surface area contributed by atoms with E-state index in [1.165, 1.54) is 11.3 Å². The molecule has 6 heteroatoms. The van der Waals surface area contributed by atoms with Crippen molar-refractivity contribution in [2.24, 2.45) is 0 Å². The van der Waals surface area contributed by atoms with Crippen molar-refractivity contribution in [3.05, 3.63) is 33.3 Å². The molecular weight excluding hydrogens is 260 g/mol. The molecule has 0 aliphatic rings. The third kappa shape index (κ3) is 2.74. The molecule has 2 aromatic rings. The Bertz CT molecular complexity index is 519. The molecule has 0 saturated heterocycles. The highest BCUT2D eigenvalue weighted by atomic mass is 35.5. The van der Waals surface area contributed by atoms with Gasteiger partial charge in [0.15, 0.2) is 0 Å². The summed E-state index contributed by atoms with van der Waals surface area (Å²) in [5, 5.41) is 18.1. The van der Waals surface area contributed by atoms with Crippen molar-refractivity contribution in [2.75, 3.05) is 0 Å². The third-order valence-corrected chi connectivity index (χ3v) is 3.20. The quantitative estimate of drug-likeness (QED) is 0.931. The zero-order valence-corrected chi connectivity index (χ0v) is 11.0. The number of nitrogens with zero attached hydrogens (tertiary/aromatic N) is 2. The number of hydrogen-bond acceptors (Lipinski definition) is 5. The Morgan fingerprint density at radius 3 is 2.47 bits per heavy atom. The number of aliphatic hydroxyl groups excluding tert-OH is 1. The molecule has 2 rings (SSSR count). The van der Waals surface area contributed by atoms with E-state index in [0.717, 1.165) is 16.9 Å². The first-order chi connectivity index (χ1) is 8.10. The molecule has 0 bridgehead atoms. The van der Waals surface area contributed by atoms with Gasteiger partial charge in [0.25, 0.3) is 5.19 Å². The van der Waals surface area contributed by atoms with Gasteiger partial charge in [0.1, 0.15) is 10.8 Å². The van der Waals surface area contributed by atoms with E-state index in [0.29, 0.717) is 15.2 Å². The highest BCUT2D eigenvalue weighted by Crippen LogP contribution is 2.32. The van der Waals surface area contributed by atoms with Crippen LogP contribution in [0.4, 0.5) is 0 Å². The van der Waals surface area contributed by atoms with Crippen molar-refractivity contribution in [1.82, 2.24) is 10.2 Å². The minimum Gasteiger partial charge on any atom is -0.429 e. The largest absolute Gasteiger partial charge is 0.429 e. The molecule has 0 aliphatic heterocycles. The predicted molar refractivity (Wildman–Crippen MR) is 66.8 cm³/mol. The number of halogens is 1. The zero-order valence-electron chi connectivity index (χ0n) is 9.40. The Hall–Kier alpha value is -1.17. The van der Waals surface area contributed by atoms with Crippen LogP contribution in [0.3, 0.4) is 0 Å². The molecule has 1 heterocycles. The summed E-state index contributed by atoms with van der Waals surface area (Å²) in [6, 6.07) is 3.66. The summed E-state index contributed by atoms with van der Waals surface area (Å²) >= 11 is 7.16. The lowest BCUT2D eigenvalue weighted by Crippen LogP contribution is -1.90. The van der Waals surface area contributed by atoms with Gasteiger partial charge in [-0.25, -0.2) is 0 Å². The molecule has 0 amide bonds. The monoisotopic (exact) mass is 270 g/mol. The van der Waals surface area contributed by atoms with Gasteiger partial charge in [-0.3, -0.25) is 0 Å². The zero-order chi connectivity index (χ0) is 12.4. The standard InChI is InChI=1S/C11H11ClN2O2S/c1-6-3-8(12)4-7(2)10(6)16-11-14-13-9(5-15)17-11/h3-4,15H,5H2,1-2H3. The number of aromatic nitrogens is 2. The summed E-state index contributed by atoms with van der Waals surface area (Å²) in [5.74, 6) is 0.732. The van der Waals surface area contributed by atoms with Crippen molar-refractivity contribution >= 4 is 22.9 Å². The fraction of sp³-hybridized carbons (Fsp3) is 0.273. The van der Waals surface area contributed by atoms with E-state index in [1.54, 1.807) is 0 Å². The van der Waals surface area contributed by atoms with Gasteiger partial charge in [0, 0.05) is 5.02 Å². The molecule has 1 aromatic carbocycles. The fourth-order valence-corrected chi connectivity index (χ4v) is 2.37. The van der Waals surface area contributed by atoms with Crippen molar-refractivity contribution in [3.63, 3.8) is 0 Å². The van der Waals surface area contributed by atoms with Gasteiger partial charge >= 0.3 is 0 Å². The van der Waals surface area contributed by atoms with Crippen LogP contribution in [0, 0.1) is 13.8 Å². The van der Waals surface area contributed by atoms with Crippen LogP contribution in [0.15, 0.2) is 12.1 Å². The van der Waals surface area contributed by atoms with Crippen molar-refractivity contribution in [2.45, 2.75) is 20.5 Å². The van der Waals surface area contributed by atoms with Crippen LogP contribution in [0.2, 0.25) is 5.02 Å². The number of rotatable bonds is 3. The van der Waals surface area contributed by atoms with Gasteiger partial charge in [-0.15, -0.1) is 5.10 Å². The lowest BCUT2D eigenvalue weighted by molar-refractivity contribution is 0.280. The fourth-order valence-electron chi connectivity index (χ4n) is 1.49. The van der Waals surface area contributed by atoms with Crippen molar-refractivity contribution in [1.29, 1.82) is 0 Å². The maximum Gasteiger partial charge on any atom is 0.299 e. The number of aliphatic hydroxyl groups is 1. The van der Waals surface area contributed by atoms with Crippen LogP contribution in [0.25, 0.3) is 0 Å². The molecule has 0 radical (unpaired) electrons. The van der Waals surface area contributed by atoms with Crippen LogP contribution in [0.5, 0.6) is 10.9 Å². The SMILES string of the molecule is Cc1cc(Cl)cc(C)c1Oc1nnc(CO)s1. The molecule has 4 nitrogen and oxygen atoms in total. The lowest BCUT2D eigenvalue weighted by atomic mass is 10.1. The van der Waals surface area contributed by atoms with Crippen molar-refractivity contribution in [3.8, 4) is 10.9 Å². The summed E-state index contributed by atoms with van der Waals surface area (Å²) in [4.78, 5) is 0. The second-order valence-electron chi connectivity index (χ2n) is 3.59. The summed E-state index contributed by atoms with van der Waals surface area (Å²) in [6.07, 6.45) is 0. The summed E-state index contributed by atoms with van der Waals surface area (Å²) in [6.45, 7) is 3.71. The highest BCUT2D eigenvalue weighted by molar-refractivity contribution is 7.13. The molecule has 0 spiro atoms. The summed E-state index contributed by atoms with van der Waals surface area (Å²) in [7, 11) is 0. The minimum atomic E-state index is -0.125. The smallest absolute Gasteiger partial charge is 0.299 e. The van der Waals surface area contributed by atoms with Gasteiger partial charge < -0.3 is 9.84 Å². The van der Waals surface area contributed by atoms with E-state index in [1.807, 2.05) is 26.0 Å². The average molecular weight is 271 g/mol. The third-order valence-electron chi connectivity index (χ3n) is 2.20. The van der Waals surface area contributed by atoms with Crippen LogP contribution in [0.1, 0.15) is 16.1 Å². The first-order valence-electron chi connectivity index (χ1n) is 4.98. The van der Waals surface area contributed by atoms with Crippen LogP contribution >= 0.6 is 22.9 Å². The molecule has 0 unspecified atom stereocenters. The Balaban J connectivity index is 2.29. The molecule has 0 saturated carbocycles. The number of hydrogen-bond donors (Lipinski definition) is 1. The number of benzene rings is 1.